The first kappa shape index (κ1) is 47.3. The number of amides is 1. The Bertz CT molecular complexity index is 956. The van der Waals surface area contributed by atoms with Crippen molar-refractivity contribution in [3.63, 3.8) is 0 Å². The molecular weight excluding hydrogens is 631 g/mol. The summed E-state index contributed by atoms with van der Waals surface area (Å²) in [4.78, 5) is 12.5. The highest BCUT2D eigenvalue weighted by molar-refractivity contribution is 7.85. The van der Waals surface area contributed by atoms with Crippen LogP contribution in [0.15, 0.2) is 48.6 Å². The smallest absolute Gasteiger partial charge is 0.266 e. The van der Waals surface area contributed by atoms with Crippen molar-refractivity contribution in [1.82, 2.24) is 5.32 Å². The lowest BCUT2D eigenvalue weighted by molar-refractivity contribution is -0.122. The van der Waals surface area contributed by atoms with Gasteiger partial charge in [-0.1, -0.05) is 184 Å². The fourth-order valence-electron chi connectivity index (χ4n) is 6.03. The van der Waals surface area contributed by atoms with Crippen LogP contribution in [0.25, 0.3) is 0 Å². The second-order valence-electron chi connectivity index (χ2n) is 13.9. The molecule has 0 aliphatic carbocycles. The third-order valence-electron chi connectivity index (χ3n) is 9.05. The number of nitrogens with one attached hydrogen (secondary N) is 1. The predicted octanol–water partition coefficient (Wildman–Crippen LogP) is 11.9. The van der Waals surface area contributed by atoms with Crippen molar-refractivity contribution in [1.29, 1.82) is 0 Å². The van der Waals surface area contributed by atoms with Crippen LogP contribution in [0.2, 0.25) is 0 Å². The molecule has 0 spiro atoms. The summed E-state index contributed by atoms with van der Waals surface area (Å²) in [5, 5.41) is 13.3. The van der Waals surface area contributed by atoms with Crippen molar-refractivity contribution in [2.24, 2.45) is 0 Å². The molecular formula is C42H77NO5S. The maximum absolute atomic E-state index is 12.5. The summed E-state index contributed by atoms with van der Waals surface area (Å²) in [7, 11) is -4.31. The van der Waals surface area contributed by atoms with E-state index in [4.69, 9.17) is 0 Å². The van der Waals surface area contributed by atoms with Crippen LogP contribution < -0.4 is 5.32 Å². The molecule has 1 amide bonds. The summed E-state index contributed by atoms with van der Waals surface area (Å²) in [5.74, 6) is -0.903. The van der Waals surface area contributed by atoms with Crippen molar-refractivity contribution in [2.45, 2.75) is 206 Å². The van der Waals surface area contributed by atoms with Gasteiger partial charge >= 0.3 is 0 Å². The normalized spacial score (nSPS) is 13.8. The van der Waals surface area contributed by atoms with Crippen molar-refractivity contribution >= 4 is 16.0 Å². The Labute approximate surface area is 303 Å². The first-order chi connectivity index (χ1) is 23.8. The standard InChI is InChI=1S/C42H77NO5S/c1-3-5-7-9-11-13-15-16-17-18-19-20-21-22-23-24-25-26-28-30-32-34-36-38-42(45)43-40(39-49(46,47)48)41(44)37-35-33-31-29-27-14-12-10-8-6-4-2/h5,7,11,13,16-17,19-20,40-41,44H,3-4,6,8-10,12,14-15,18,21-39H2,1-2H3,(H,43,45)(H,46,47,48)/b7-5-,13-11-,17-16-,20-19-. The number of unbranched alkanes of at least 4 members (excludes halogenated alkanes) is 20. The van der Waals surface area contributed by atoms with Crippen LogP contribution in [-0.4, -0.2) is 41.9 Å². The van der Waals surface area contributed by atoms with Gasteiger partial charge in [0.1, 0.15) is 0 Å². The minimum absolute atomic E-state index is 0.253. The first-order valence-corrected chi connectivity index (χ1v) is 21.9. The van der Waals surface area contributed by atoms with Gasteiger partial charge in [0.2, 0.25) is 5.91 Å². The second kappa shape index (κ2) is 36.1. The van der Waals surface area contributed by atoms with E-state index >= 15 is 0 Å². The van der Waals surface area contributed by atoms with Gasteiger partial charge in [-0.2, -0.15) is 8.42 Å². The Hall–Kier alpha value is -1.70. The van der Waals surface area contributed by atoms with Gasteiger partial charge in [-0.3, -0.25) is 9.35 Å². The number of aliphatic hydroxyl groups is 1. The highest BCUT2D eigenvalue weighted by atomic mass is 32.2. The van der Waals surface area contributed by atoms with Gasteiger partial charge in [0.25, 0.3) is 10.1 Å². The fourth-order valence-corrected chi connectivity index (χ4v) is 6.79. The molecule has 0 saturated heterocycles. The predicted molar refractivity (Wildman–Crippen MR) is 212 cm³/mol. The van der Waals surface area contributed by atoms with Crippen LogP contribution in [0.3, 0.4) is 0 Å². The summed E-state index contributed by atoms with van der Waals surface area (Å²) in [6.45, 7) is 4.39. The zero-order valence-electron chi connectivity index (χ0n) is 31.8. The SMILES string of the molecule is CC/C=C\C/C=C\C/C=C\C/C=C\CCCCCCCCCCCCC(=O)NC(CS(=O)(=O)O)C(O)CCCCCCCCCCCCC. The molecule has 0 aromatic rings. The quantitative estimate of drug-likeness (QED) is 0.0342. The fraction of sp³-hybridized carbons (Fsp3) is 0.786. The molecule has 0 heterocycles. The zero-order valence-corrected chi connectivity index (χ0v) is 32.6. The molecule has 0 radical (unpaired) electrons. The van der Waals surface area contributed by atoms with Gasteiger partial charge in [-0.25, -0.2) is 0 Å². The van der Waals surface area contributed by atoms with Gasteiger partial charge in [-0.15, -0.1) is 0 Å². The average molecular weight is 708 g/mol. The molecule has 3 N–H and O–H groups in total. The van der Waals surface area contributed by atoms with Crippen LogP contribution in [0.5, 0.6) is 0 Å². The number of allylic oxidation sites excluding steroid dienone is 8. The van der Waals surface area contributed by atoms with Gasteiger partial charge in [0.05, 0.1) is 17.9 Å². The molecule has 2 unspecified atom stereocenters. The lowest BCUT2D eigenvalue weighted by atomic mass is 10.0. The van der Waals surface area contributed by atoms with E-state index in [0.29, 0.717) is 12.8 Å². The number of carbonyl (C=O) groups excluding carboxylic acids is 1. The van der Waals surface area contributed by atoms with E-state index in [1.165, 1.54) is 103 Å². The summed E-state index contributed by atoms with van der Waals surface area (Å²) in [6.07, 6.45) is 47.8. The molecule has 49 heavy (non-hydrogen) atoms. The van der Waals surface area contributed by atoms with Gasteiger partial charge in [-0.05, 0) is 51.4 Å². The van der Waals surface area contributed by atoms with Gasteiger partial charge in [0.15, 0.2) is 0 Å². The Balaban J connectivity index is 3.82. The van der Waals surface area contributed by atoms with E-state index in [1.54, 1.807) is 0 Å². The zero-order chi connectivity index (χ0) is 36.1. The summed E-state index contributed by atoms with van der Waals surface area (Å²) in [6, 6.07) is -0.973. The topological polar surface area (TPSA) is 104 Å². The third-order valence-corrected chi connectivity index (χ3v) is 9.83. The maximum Gasteiger partial charge on any atom is 0.266 e. The molecule has 0 saturated carbocycles. The Morgan fingerprint density at radius 1 is 0.571 bits per heavy atom. The van der Waals surface area contributed by atoms with Crippen molar-refractivity contribution in [3.8, 4) is 0 Å². The van der Waals surface area contributed by atoms with Crippen molar-refractivity contribution in [2.75, 3.05) is 5.75 Å². The highest BCUT2D eigenvalue weighted by Crippen LogP contribution is 2.15. The van der Waals surface area contributed by atoms with Crippen LogP contribution in [0.4, 0.5) is 0 Å². The molecule has 0 aromatic carbocycles. The summed E-state index contributed by atoms with van der Waals surface area (Å²) in [5.41, 5.74) is 0. The first-order valence-electron chi connectivity index (χ1n) is 20.3. The van der Waals surface area contributed by atoms with Crippen molar-refractivity contribution in [3.05, 3.63) is 48.6 Å². The van der Waals surface area contributed by atoms with E-state index in [-0.39, 0.29) is 5.91 Å². The van der Waals surface area contributed by atoms with E-state index in [0.717, 1.165) is 64.2 Å². The summed E-state index contributed by atoms with van der Waals surface area (Å²) >= 11 is 0. The lowest BCUT2D eigenvalue weighted by Gasteiger charge is -2.23. The molecule has 0 aromatic heterocycles. The monoisotopic (exact) mass is 708 g/mol. The number of rotatable bonds is 36. The Morgan fingerprint density at radius 2 is 0.980 bits per heavy atom. The third kappa shape index (κ3) is 37.4. The van der Waals surface area contributed by atoms with Gasteiger partial charge in [0, 0.05) is 6.42 Å². The van der Waals surface area contributed by atoms with Crippen LogP contribution in [0, 0.1) is 0 Å². The van der Waals surface area contributed by atoms with Crippen molar-refractivity contribution < 1.29 is 22.9 Å². The van der Waals surface area contributed by atoms with Gasteiger partial charge < -0.3 is 10.4 Å². The second-order valence-corrected chi connectivity index (χ2v) is 15.4. The average Bonchev–Trinajstić information content (AvgIpc) is 3.06. The molecule has 0 aliphatic rings. The van der Waals surface area contributed by atoms with Crippen LogP contribution in [0.1, 0.15) is 194 Å². The summed E-state index contributed by atoms with van der Waals surface area (Å²) < 4.78 is 32.5. The molecule has 286 valence electrons. The van der Waals surface area contributed by atoms with Crippen LogP contribution in [-0.2, 0) is 14.9 Å². The van der Waals surface area contributed by atoms with E-state index in [9.17, 15) is 22.9 Å². The molecule has 0 rings (SSSR count). The van der Waals surface area contributed by atoms with Crippen LogP contribution >= 0.6 is 0 Å². The highest BCUT2D eigenvalue weighted by Gasteiger charge is 2.26. The molecule has 0 aliphatic heterocycles. The number of hydrogen-bond donors (Lipinski definition) is 3. The number of carbonyl (C=O) groups is 1. The molecule has 0 bridgehead atoms. The largest absolute Gasteiger partial charge is 0.391 e. The van der Waals surface area contributed by atoms with E-state index in [2.05, 4.69) is 67.8 Å². The number of aliphatic hydroxyl groups excluding tert-OH is 1. The number of hydrogen-bond acceptors (Lipinski definition) is 4. The Morgan fingerprint density at radius 3 is 1.45 bits per heavy atom. The molecule has 0 fully saturated rings. The van der Waals surface area contributed by atoms with E-state index in [1.807, 2.05) is 0 Å². The minimum Gasteiger partial charge on any atom is -0.391 e. The molecule has 7 heteroatoms. The molecule has 2 atom stereocenters. The maximum atomic E-state index is 12.5. The Kier molecular flexibility index (Phi) is 34.9. The molecule has 6 nitrogen and oxygen atoms in total. The van der Waals surface area contributed by atoms with E-state index < -0.39 is 28.0 Å². The lowest BCUT2D eigenvalue weighted by Crippen LogP contribution is -2.47. The minimum atomic E-state index is -4.31.